The second-order valence-corrected chi connectivity index (χ2v) is 6.88. The van der Waals surface area contributed by atoms with Crippen LogP contribution in [0.4, 0.5) is 11.5 Å². The van der Waals surface area contributed by atoms with E-state index >= 15 is 0 Å². The second-order valence-electron chi connectivity index (χ2n) is 6.88. The lowest BCUT2D eigenvalue weighted by atomic mass is 9.91. The molecule has 1 aromatic carbocycles. The first-order chi connectivity index (χ1) is 13.1. The number of hydrogen-bond donors (Lipinski definition) is 1. The number of nitrogens with zero attached hydrogens (tertiary/aromatic N) is 3. The van der Waals surface area contributed by atoms with Crippen molar-refractivity contribution in [3.63, 3.8) is 0 Å². The third-order valence-electron chi connectivity index (χ3n) is 5.22. The molecule has 1 saturated carbocycles. The van der Waals surface area contributed by atoms with Gasteiger partial charge >= 0.3 is 11.2 Å². The Hall–Kier alpha value is -3.22. The van der Waals surface area contributed by atoms with E-state index in [-0.39, 0.29) is 11.9 Å². The molecule has 4 rings (SSSR count). The van der Waals surface area contributed by atoms with Crippen LogP contribution in [0.5, 0.6) is 0 Å². The smallest absolute Gasteiger partial charge is 0.357 e. The summed E-state index contributed by atoms with van der Waals surface area (Å²) in [7, 11) is 0. The fourth-order valence-electron chi connectivity index (χ4n) is 3.92. The van der Waals surface area contributed by atoms with Crippen LogP contribution >= 0.6 is 0 Å². The van der Waals surface area contributed by atoms with Gasteiger partial charge in [-0.15, -0.1) is 0 Å². The van der Waals surface area contributed by atoms with E-state index in [0.717, 1.165) is 31.2 Å². The van der Waals surface area contributed by atoms with Gasteiger partial charge in [0.2, 0.25) is 5.82 Å². The molecular formula is C20H20N4O3. The summed E-state index contributed by atoms with van der Waals surface area (Å²) in [5, 5.41) is 14.9. The first kappa shape index (κ1) is 17.2. The average molecular weight is 364 g/mol. The summed E-state index contributed by atoms with van der Waals surface area (Å²) in [4.78, 5) is 28.1. The molecule has 0 amide bonds. The number of rotatable bonds is 5. The molecule has 1 fully saturated rings. The maximum atomic E-state index is 12.7. The SMILES string of the molecule is O=c1c([N+](=O)[O-])c(NC(c2ccccc2)C2CCCC2)nc2ccccn12. The van der Waals surface area contributed by atoms with Gasteiger partial charge in [-0.05, 0) is 36.5 Å². The number of anilines is 1. The third kappa shape index (κ3) is 3.28. The van der Waals surface area contributed by atoms with Gasteiger partial charge in [0, 0.05) is 6.20 Å². The minimum absolute atomic E-state index is 0.0388. The minimum Gasteiger partial charge on any atom is -0.357 e. The molecule has 1 unspecified atom stereocenters. The summed E-state index contributed by atoms with van der Waals surface area (Å²) >= 11 is 0. The van der Waals surface area contributed by atoms with E-state index < -0.39 is 16.2 Å². The van der Waals surface area contributed by atoms with Gasteiger partial charge in [0.1, 0.15) is 5.65 Å². The largest absolute Gasteiger partial charge is 0.376 e. The zero-order valence-corrected chi connectivity index (χ0v) is 14.7. The molecule has 0 bridgehead atoms. The third-order valence-corrected chi connectivity index (χ3v) is 5.22. The molecule has 1 atom stereocenters. The van der Waals surface area contributed by atoms with Crippen molar-refractivity contribution in [3.05, 3.63) is 80.8 Å². The van der Waals surface area contributed by atoms with Crippen molar-refractivity contribution in [2.45, 2.75) is 31.7 Å². The first-order valence-electron chi connectivity index (χ1n) is 9.12. The van der Waals surface area contributed by atoms with E-state index in [0.29, 0.717) is 11.6 Å². The molecule has 1 aliphatic rings. The van der Waals surface area contributed by atoms with Crippen molar-refractivity contribution in [3.8, 4) is 0 Å². The van der Waals surface area contributed by atoms with Crippen LogP contribution in [0.25, 0.3) is 5.65 Å². The zero-order chi connectivity index (χ0) is 18.8. The number of nitro groups is 1. The van der Waals surface area contributed by atoms with Crippen LogP contribution in [-0.4, -0.2) is 14.3 Å². The van der Waals surface area contributed by atoms with Gasteiger partial charge in [0.15, 0.2) is 0 Å². The monoisotopic (exact) mass is 364 g/mol. The second kappa shape index (κ2) is 7.19. The molecular weight excluding hydrogens is 344 g/mol. The van der Waals surface area contributed by atoms with E-state index in [2.05, 4.69) is 10.3 Å². The van der Waals surface area contributed by atoms with Gasteiger partial charge in [0.05, 0.1) is 11.0 Å². The number of nitrogens with one attached hydrogen (secondary N) is 1. The molecule has 0 radical (unpaired) electrons. The summed E-state index contributed by atoms with van der Waals surface area (Å²) in [6.45, 7) is 0. The van der Waals surface area contributed by atoms with Crippen molar-refractivity contribution in [1.82, 2.24) is 9.38 Å². The number of fused-ring (bicyclic) bond motifs is 1. The molecule has 2 aromatic heterocycles. The predicted molar refractivity (Wildman–Crippen MR) is 103 cm³/mol. The van der Waals surface area contributed by atoms with E-state index in [4.69, 9.17) is 0 Å². The minimum atomic E-state index is -0.675. The van der Waals surface area contributed by atoms with Gasteiger partial charge in [-0.2, -0.15) is 0 Å². The van der Waals surface area contributed by atoms with Crippen molar-refractivity contribution in [2.24, 2.45) is 5.92 Å². The van der Waals surface area contributed by atoms with E-state index in [1.54, 1.807) is 18.2 Å². The highest BCUT2D eigenvalue weighted by Crippen LogP contribution is 2.38. The molecule has 138 valence electrons. The van der Waals surface area contributed by atoms with Crippen molar-refractivity contribution >= 4 is 17.2 Å². The Morgan fingerprint density at radius 3 is 2.52 bits per heavy atom. The summed E-state index contributed by atoms with van der Waals surface area (Å²) in [5.74, 6) is 0.389. The molecule has 1 aliphatic carbocycles. The quantitative estimate of drug-likeness (QED) is 0.547. The van der Waals surface area contributed by atoms with Crippen LogP contribution in [0, 0.1) is 16.0 Å². The van der Waals surface area contributed by atoms with Crippen LogP contribution in [0.2, 0.25) is 0 Å². The average Bonchev–Trinajstić information content (AvgIpc) is 3.21. The van der Waals surface area contributed by atoms with Gasteiger partial charge in [0.25, 0.3) is 0 Å². The van der Waals surface area contributed by atoms with Crippen molar-refractivity contribution in [1.29, 1.82) is 0 Å². The molecule has 0 saturated heterocycles. The topological polar surface area (TPSA) is 89.5 Å². The molecule has 7 nitrogen and oxygen atoms in total. The van der Waals surface area contributed by atoms with Crippen LogP contribution in [0.1, 0.15) is 37.3 Å². The highest BCUT2D eigenvalue weighted by molar-refractivity contribution is 5.60. The summed E-state index contributed by atoms with van der Waals surface area (Å²) in [6.07, 6.45) is 5.88. The Morgan fingerprint density at radius 1 is 1.11 bits per heavy atom. The number of aromatic nitrogens is 2. The van der Waals surface area contributed by atoms with E-state index in [1.807, 2.05) is 30.3 Å². The first-order valence-corrected chi connectivity index (χ1v) is 9.12. The zero-order valence-electron chi connectivity index (χ0n) is 14.7. The normalized spacial score (nSPS) is 15.7. The van der Waals surface area contributed by atoms with Crippen LogP contribution in [0.3, 0.4) is 0 Å². The summed E-state index contributed by atoms with van der Waals surface area (Å²) in [5.41, 5.74) is 0.242. The lowest BCUT2D eigenvalue weighted by Gasteiger charge is -2.25. The van der Waals surface area contributed by atoms with E-state index in [1.165, 1.54) is 10.6 Å². The number of hydrogen-bond acceptors (Lipinski definition) is 5. The van der Waals surface area contributed by atoms with Gasteiger partial charge in [-0.1, -0.05) is 49.2 Å². The van der Waals surface area contributed by atoms with Crippen LogP contribution < -0.4 is 10.9 Å². The molecule has 0 aliphatic heterocycles. The van der Waals surface area contributed by atoms with Crippen LogP contribution in [-0.2, 0) is 0 Å². The van der Waals surface area contributed by atoms with E-state index in [9.17, 15) is 14.9 Å². The molecule has 2 heterocycles. The summed E-state index contributed by atoms with van der Waals surface area (Å²) < 4.78 is 1.20. The molecule has 27 heavy (non-hydrogen) atoms. The highest BCUT2D eigenvalue weighted by Gasteiger charge is 2.31. The Morgan fingerprint density at radius 2 is 1.81 bits per heavy atom. The molecule has 0 spiro atoms. The Balaban J connectivity index is 1.83. The highest BCUT2D eigenvalue weighted by atomic mass is 16.6. The van der Waals surface area contributed by atoms with Crippen molar-refractivity contribution < 1.29 is 4.92 Å². The lowest BCUT2D eigenvalue weighted by Crippen LogP contribution is -2.25. The van der Waals surface area contributed by atoms with Crippen molar-refractivity contribution in [2.75, 3.05) is 5.32 Å². The molecule has 7 heteroatoms. The lowest BCUT2D eigenvalue weighted by molar-refractivity contribution is -0.385. The van der Waals surface area contributed by atoms with Gasteiger partial charge in [-0.25, -0.2) is 4.98 Å². The number of benzene rings is 1. The number of pyridine rings is 1. The maximum absolute atomic E-state index is 12.7. The summed E-state index contributed by atoms with van der Waals surface area (Å²) in [6, 6.07) is 14.8. The standard InChI is InChI=1S/C20H20N4O3/c25-20-18(24(26)27)19(21-16-12-6-7-13-23(16)20)22-17(15-10-4-5-11-15)14-8-2-1-3-9-14/h1-3,6-9,12-13,15,17,22H,4-5,10-11H2. The van der Waals surface area contributed by atoms with Crippen LogP contribution in [0.15, 0.2) is 59.5 Å². The fraction of sp³-hybridized carbons (Fsp3) is 0.300. The fourth-order valence-corrected chi connectivity index (χ4v) is 3.92. The predicted octanol–water partition coefficient (Wildman–Crippen LogP) is 3.95. The Kier molecular flexibility index (Phi) is 4.58. The van der Waals surface area contributed by atoms with Gasteiger partial charge in [-0.3, -0.25) is 19.3 Å². The Labute approximate surface area is 155 Å². The van der Waals surface area contributed by atoms with Gasteiger partial charge < -0.3 is 5.32 Å². The molecule has 1 N–H and O–H groups in total. The molecule has 3 aromatic rings. The Bertz CT molecular complexity index is 1030. The maximum Gasteiger partial charge on any atom is 0.376 e.